The minimum absolute atomic E-state index is 0.139. The fraction of sp³-hybridized carbons (Fsp3) is 0.500. The first-order chi connectivity index (χ1) is 12.2. The Morgan fingerprint density at radius 1 is 1.12 bits per heavy atom. The number of benzene rings is 1. The van der Waals surface area contributed by atoms with E-state index in [4.69, 9.17) is 10.2 Å². The monoisotopic (exact) mass is 354 g/mol. The van der Waals surface area contributed by atoms with Gasteiger partial charge in [0, 0.05) is 24.2 Å². The van der Waals surface area contributed by atoms with Crippen LogP contribution in [0, 0.1) is 27.7 Å². The van der Waals surface area contributed by atoms with Gasteiger partial charge in [0.15, 0.2) is 0 Å². The smallest absolute Gasteiger partial charge is 0.254 e. The van der Waals surface area contributed by atoms with Crippen molar-refractivity contribution in [2.45, 2.75) is 66.0 Å². The first-order valence-electron chi connectivity index (χ1n) is 9.40. The molecular weight excluding hydrogens is 324 g/mol. The molecule has 0 radical (unpaired) electrons. The molecule has 26 heavy (non-hydrogen) atoms. The van der Waals surface area contributed by atoms with E-state index in [-0.39, 0.29) is 11.4 Å². The Morgan fingerprint density at radius 3 is 2.46 bits per heavy atom. The molecule has 2 heterocycles. The largest absolute Gasteiger partial charge is 0.466 e. The molecule has 2 N–H and O–H groups in total. The summed E-state index contributed by atoms with van der Waals surface area (Å²) in [5, 5.41) is 0. The zero-order valence-electron chi connectivity index (χ0n) is 16.6. The summed E-state index contributed by atoms with van der Waals surface area (Å²) < 4.78 is 5.60. The van der Waals surface area contributed by atoms with Gasteiger partial charge in [-0.1, -0.05) is 6.07 Å². The van der Waals surface area contributed by atoms with Crippen molar-refractivity contribution in [3.63, 3.8) is 0 Å². The minimum atomic E-state index is -0.307. The molecule has 2 aromatic rings. The summed E-state index contributed by atoms with van der Waals surface area (Å²) in [5.41, 5.74) is 11.9. The number of carbonyl (C=O) groups is 1. The predicted molar refractivity (Wildman–Crippen MR) is 104 cm³/mol. The van der Waals surface area contributed by atoms with Gasteiger partial charge < -0.3 is 15.1 Å². The van der Waals surface area contributed by atoms with E-state index < -0.39 is 0 Å². The van der Waals surface area contributed by atoms with Crippen LogP contribution in [0.4, 0.5) is 0 Å². The number of nitrogens with zero attached hydrogens (tertiary/aromatic N) is 1. The third-order valence-electron chi connectivity index (χ3n) is 5.66. The Hall–Kier alpha value is -2.07. The van der Waals surface area contributed by atoms with Gasteiger partial charge in [0.1, 0.15) is 11.5 Å². The van der Waals surface area contributed by atoms with E-state index in [1.165, 1.54) is 16.7 Å². The van der Waals surface area contributed by atoms with Gasteiger partial charge in [-0.3, -0.25) is 4.79 Å². The molecule has 4 heteroatoms. The van der Waals surface area contributed by atoms with Crippen molar-refractivity contribution in [3.8, 4) is 0 Å². The van der Waals surface area contributed by atoms with Gasteiger partial charge in [-0.05, 0) is 88.3 Å². The second-order valence-corrected chi connectivity index (χ2v) is 8.16. The van der Waals surface area contributed by atoms with Gasteiger partial charge in [0.05, 0.1) is 0 Å². The number of carbonyl (C=O) groups excluding carboxylic acids is 1. The number of fused-ring (bicyclic) bond motifs is 1. The van der Waals surface area contributed by atoms with Crippen LogP contribution >= 0.6 is 0 Å². The zero-order chi connectivity index (χ0) is 19.1. The number of amides is 1. The second kappa shape index (κ2) is 6.92. The zero-order valence-corrected chi connectivity index (χ0v) is 16.6. The fourth-order valence-electron chi connectivity index (χ4n) is 3.70. The van der Waals surface area contributed by atoms with Crippen molar-refractivity contribution in [2.24, 2.45) is 5.73 Å². The maximum Gasteiger partial charge on any atom is 0.254 e. The van der Waals surface area contributed by atoms with Crippen molar-refractivity contribution >= 4 is 5.91 Å². The average molecular weight is 354 g/mol. The van der Waals surface area contributed by atoms with Crippen molar-refractivity contribution in [1.29, 1.82) is 0 Å². The second-order valence-electron chi connectivity index (χ2n) is 8.16. The molecule has 0 saturated heterocycles. The summed E-state index contributed by atoms with van der Waals surface area (Å²) >= 11 is 0. The third-order valence-corrected chi connectivity index (χ3v) is 5.66. The van der Waals surface area contributed by atoms with Crippen molar-refractivity contribution in [2.75, 3.05) is 6.54 Å². The normalized spacial score (nSPS) is 16.1. The van der Waals surface area contributed by atoms with Gasteiger partial charge in [0.25, 0.3) is 5.91 Å². The van der Waals surface area contributed by atoms with Crippen molar-refractivity contribution in [1.82, 2.24) is 4.90 Å². The lowest BCUT2D eigenvalue weighted by atomic mass is 9.91. The standard InChI is InChI=1S/C22H30N2O2/c1-14-10-19-13-24(21(25)20(19)11-15(14)2)9-8-22(5,23)7-6-18-12-16(3)26-17(18)4/h10-12H,6-9,13,23H2,1-5H3. The molecule has 0 spiro atoms. The van der Waals surface area contributed by atoms with E-state index in [1.54, 1.807) is 0 Å². The lowest BCUT2D eigenvalue weighted by Gasteiger charge is -2.27. The van der Waals surface area contributed by atoms with Crippen LogP contribution in [0.5, 0.6) is 0 Å². The lowest BCUT2D eigenvalue weighted by Crippen LogP contribution is -2.41. The molecular formula is C22H30N2O2. The van der Waals surface area contributed by atoms with Crippen molar-refractivity contribution in [3.05, 3.63) is 57.5 Å². The van der Waals surface area contributed by atoms with Crippen LogP contribution in [0.15, 0.2) is 22.6 Å². The maximum atomic E-state index is 12.7. The van der Waals surface area contributed by atoms with Crippen LogP contribution in [0.3, 0.4) is 0 Å². The van der Waals surface area contributed by atoms with E-state index in [9.17, 15) is 4.79 Å². The first kappa shape index (κ1) is 18.7. The predicted octanol–water partition coefficient (Wildman–Crippen LogP) is 4.21. The third kappa shape index (κ3) is 3.85. The molecule has 4 nitrogen and oxygen atoms in total. The summed E-state index contributed by atoms with van der Waals surface area (Å²) in [6.45, 7) is 11.6. The van der Waals surface area contributed by atoms with E-state index in [0.717, 1.165) is 41.9 Å². The number of rotatable bonds is 6. The van der Waals surface area contributed by atoms with Crippen LogP contribution in [0.1, 0.15) is 63.9 Å². The molecule has 1 aromatic heterocycles. The van der Waals surface area contributed by atoms with E-state index in [1.807, 2.05) is 24.8 Å². The molecule has 0 fully saturated rings. The maximum absolute atomic E-state index is 12.7. The molecule has 1 atom stereocenters. The molecule has 1 amide bonds. The summed E-state index contributed by atoms with van der Waals surface area (Å²) in [6, 6.07) is 6.27. The summed E-state index contributed by atoms with van der Waals surface area (Å²) in [7, 11) is 0. The van der Waals surface area contributed by atoms with Crippen LogP contribution in [-0.2, 0) is 13.0 Å². The van der Waals surface area contributed by atoms with Gasteiger partial charge in [-0.2, -0.15) is 0 Å². The molecule has 0 aliphatic carbocycles. The molecule has 140 valence electrons. The molecule has 1 aliphatic heterocycles. The molecule has 1 aromatic carbocycles. The Labute approximate surface area is 156 Å². The van der Waals surface area contributed by atoms with Crippen LogP contribution in [-0.4, -0.2) is 22.9 Å². The summed E-state index contributed by atoms with van der Waals surface area (Å²) in [6.07, 6.45) is 2.57. The van der Waals surface area contributed by atoms with E-state index in [0.29, 0.717) is 13.1 Å². The molecule has 3 rings (SSSR count). The highest BCUT2D eigenvalue weighted by Crippen LogP contribution is 2.27. The minimum Gasteiger partial charge on any atom is -0.466 e. The first-order valence-corrected chi connectivity index (χ1v) is 9.40. The van der Waals surface area contributed by atoms with E-state index in [2.05, 4.69) is 32.9 Å². The summed E-state index contributed by atoms with van der Waals surface area (Å²) in [4.78, 5) is 14.6. The molecule has 1 unspecified atom stereocenters. The number of furan rings is 1. The number of hydrogen-bond acceptors (Lipinski definition) is 3. The number of aryl methyl sites for hydroxylation is 5. The highest BCUT2D eigenvalue weighted by molar-refractivity contribution is 5.98. The molecule has 0 bridgehead atoms. The number of hydrogen-bond donors (Lipinski definition) is 1. The highest BCUT2D eigenvalue weighted by Gasteiger charge is 2.29. The molecule has 0 saturated carbocycles. The Balaban J connectivity index is 1.58. The summed E-state index contributed by atoms with van der Waals surface area (Å²) in [5.74, 6) is 2.07. The Kier molecular flexibility index (Phi) is 4.98. The van der Waals surface area contributed by atoms with Crippen LogP contribution in [0.2, 0.25) is 0 Å². The van der Waals surface area contributed by atoms with Crippen LogP contribution in [0.25, 0.3) is 0 Å². The quantitative estimate of drug-likeness (QED) is 0.845. The van der Waals surface area contributed by atoms with Gasteiger partial charge in [-0.25, -0.2) is 0 Å². The lowest BCUT2D eigenvalue weighted by molar-refractivity contribution is 0.0766. The fourth-order valence-corrected chi connectivity index (χ4v) is 3.70. The average Bonchev–Trinajstić information content (AvgIpc) is 3.04. The molecule has 1 aliphatic rings. The SMILES string of the molecule is Cc1cc(CCC(C)(N)CCN2Cc3cc(C)c(C)cc3C2=O)c(C)o1. The van der Waals surface area contributed by atoms with Gasteiger partial charge in [-0.15, -0.1) is 0 Å². The number of nitrogens with two attached hydrogens (primary N) is 1. The van der Waals surface area contributed by atoms with Crippen molar-refractivity contribution < 1.29 is 9.21 Å². The Morgan fingerprint density at radius 2 is 1.81 bits per heavy atom. The van der Waals surface area contributed by atoms with Crippen LogP contribution < -0.4 is 5.73 Å². The highest BCUT2D eigenvalue weighted by atomic mass is 16.3. The van der Waals surface area contributed by atoms with Gasteiger partial charge >= 0.3 is 0 Å². The van der Waals surface area contributed by atoms with Gasteiger partial charge in [0.2, 0.25) is 0 Å². The Bertz CT molecular complexity index is 833. The topological polar surface area (TPSA) is 59.5 Å². The van der Waals surface area contributed by atoms with E-state index >= 15 is 0 Å².